The van der Waals surface area contributed by atoms with Gasteiger partial charge in [-0.05, 0) is 38.0 Å². The average Bonchev–Trinajstić information content (AvgIpc) is 1.97. The highest BCUT2D eigenvalue weighted by atomic mass is 35.5. The Morgan fingerprint density at radius 3 is 2.15 bits per heavy atom. The topological polar surface area (TPSA) is 20.2 Å². The van der Waals surface area contributed by atoms with E-state index in [0.29, 0.717) is 10.0 Å². The maximum absolute atomic E-state index is 9.73. The number of rotatable bonds is 1. The molecule has 1 aromatic carbocycles. The van der Waals surface area contributed by atoms with Crippen molar-refractivity contribution in [3.63, 3.8) is 0 Å². The molecule has 0 bridgehead atoms. The van der Waals surface area contributed by atoms with E-state index in [1.54, 1.807) is 19.9 Å². The van der Waals surface area contributed by atoms with Gasteiger partial charge in [-0.3, -0.25) is 0 Å². The Kier molecular flexibility index (Phi) is 2.91. The van der Waals surface area contributed by atoms with Crippen LogP contribution in [0.5, 0.6) is 0 Å². The maximum atomic E-state index is 9.73. The van der Waals surface area contributed by atoms with E-state index in [4.69, 9.17) is 23.2 Å². The van der Waals surface area contributed by atoms with E-state index in [1.807, 2.05) is 13.0 Å². The van der Waals surface area contributed by atoms with Crippen molar-refractivity contribution in [1.82, 2.24) is 0 Å². The monoisotopic (exact) mass is 218 g/mol. The molecular weight excluding hydrogens is 207 g/mol. The third-order valence-corrected chi connectivity index (χ3v) is 2.81. The van der Waals surface area contributed by atoms with Gasteiger partial charge in [-0.15, -0.1) is 0 Å². The van der Waals surface area contributed by atoms with Crippen LogP contribution < -0.4 is 0 Å². The Hall–Kier alpha value is -0.240. The lowest BCUT2D eigenvalue weighted by Crippen LogP contribution is -2.15. The number of halogens is 2. The predicted octanol–water partition coefficient (Wildman–Crippen LogP) is 3.53. The third kappa shape index (κ3) is 2.37. The molecule has 1 nitrogen and oxygen atoms in total. The van der Waals surface area contributed by atoms with E-state index in [2.05, 4.69) is 0 Å². The van der Waals surface area contributed by atoms with Crippen molar-refractivity contribution < 1.29 is 5.11 Å². The molecule has 0 saturated heterocycles. The van der Waals surface area contributed by atoms with Gasteiger partial charge >= 0.3 is 0 Å². The van der Waals surface area contributed by atoms with Gasteiger partial charge in [0.1, 0.15) is 0 Å². The quantitative estimate of drug-likeness (QED) is 0.765. The van der Waals surface area contributed by atoms with E-state index in [0.717, 1.165) is 11.1 Å². The summed E-state index contributed by atoms with van der Waals surface area (Å²) in [5.41, 5.74) is 0.782. The van der Waals surface area contributed by atoms with Crippen LogP contribution in [0.3, 0.4) is 0 Å². The molecule has 13 heavy (non-hydrogen) atoms. The van der Waals surface area contributed by atoms with E-state index in [-0.39, 0.29) is 0 Å². The molecule has 0 radical (unpaired) electrons. The Bertz CT molecular complexity index is 303. The van der Waals surface area contributed by atoms with E-state index < -0.39 is 5.60 Å². The van der Waals surface area contributed by atoms with Crippen LogP contribution in [0.1, 0.15) is 25.0 Å². The molecule has 72 valence electrons. The Morgan fingerprint density at radius 1 is 1.23 bits per heavy atom. The molecule has 0 atom stereocenters. The minimum absolute atomic E-state index is 0.485. The minimum atomic E-state index is -0.876. The SMILES string of the molecule is Cc1cc(C(C)(C)O)cc(Cl)c1Cl. The molecule has 0 aromatic heterocycles. The van der Waals surface area contributed by atoms with Crippen LogP contribution in [-0.2, 0) is 5.60 Å². The zero-order chi connectivity index (χ0) is 10.2. The molecule has 0 unspecified atom stereocenters. The number of aryl methyl sites for hydroxylation is 1. The second-order valence-corrected chi connectivity index (χ2v) is 4.43. The number of hydrogen-bond acceptors (Lipinski definition) is 1. The van der Waals surface area contributed by atoms with Crippen molar-refractivity contribution in [1.29, 1.82) is 0 Å². The number of hydrogen-bond donors (Lipinski definition) is 1. The predicted molar refractivity (Wildman–Crippen MR) is 56.4 cm³/mol. The van der Waals surface area contributed by atoms with Crippen LogP contribution in [0.25, 0.3) is 0 Å². The molecule has 1 aromatic rings. The molecule has 0 fully saturated rings. The lowest BCUT2D eigenvalue weighted by Gasteiger charge is -2.19. The molecule has 1 N–H and O–H groups in total. The summed E-state index contributed by atoms with van der Waals surface area (Å²) in [6.45, 7) is 5.29. The smallest absolute Gasteiger partial charge is 0.0841 e. The molecule has 0 aliphatic rings. The van der Waals surface area contributed by atoms with Crippen LogP contribution >= 0.6 is 23.2 Å². The van der Waals surface area contributed by atoms with Crippen molar-refractivity contribution in [3.8, 4) is 0 Å². The van der Waals surface area contributed by atoms with E-state index in [9.17, 15) is 5.11 Å². The minimum Gasteiger partial charge on any atom is -0.386 e. The van der Waals surface area contributed by atoms with Crippen LogP contribution in [-0.4, -0.2) is 5.11 Å². The van der Waals surface area contributed by atoms with Crippen LogP contribution in [0.4, 0.5) is 0 Å². The lowest BCUT2D eigenvalue weighted by molar-refractivity contribution is 0.0785. The Morgan fingerprint density at radius 2 is 1.77 bits per heavy atom. The van der Waals surface area contributed by atoms with Gasteiger partial charge in [0.25, 0.3) is 0 Å². The Balaban J connectivity index is 3.29. The van der Waals surface area contributed by atoms with Crippen LogP contribution in [0, 0.1) is 6.92 Å². The molecule has 0 heterocycles. The fourth-order valence-corrected chi connectivity index (χ4v) is 1.46. The van der Waals surface area contributed by atoms with Gasteiger partial charge in [-0.25, -0.2) is 0 Å². The van der Waals surface area contributed by atoms with Gasteiger partial charge in [-0.2, -0.15) is 0 Å². The summed E-state index contributed by atoms with van der Waals surface area (Å²) in [5.74, 6) is 0. The van der Waals surface area contributed by atoms with Crippen LogP contribution in [0.15, 0.2) is 12.1 Å². The highest BCUT2D eigenvalue weighted by Gasteiger charge is 2.17. The van der Waals surface area contributed by atoms with Crippen molar-refractivity contribution >= 4 is 23.2 Å². The van der Waals surface area contributed by atoms with Crippen molar-refractivity contribution in [2.24, 2.45) is 0 Å². The first-order valence-corrected chi connectivity index (χ1v) is 4.76. The highest BCUT2D eigenvalue weighted by Crippen LogP contribution is 2.31. The molecule has 1 rings (SSSR count). The van der Waals surface area contributed by atoms with Gasteiger partial charge in [0.15, 0.2) is 0 Å². The summed E-state index contributed by atoms with van der Waals surface area (Å²) in [6, 6.07) is 3.53. The van der Waals surface area contributed by atoms with Gasteiger partial charge in [-0.1, -0.05) is 29.3 Å². The third-order valence-electron chi connectivity index (χ3n) is 1.92. The molecule has 3 heteroatoms. The second-order valence-electron chi connectivity index (χ2n) is 3.65. The zero-order valence-corrected chi connectivity index (χ0v) is 9.37. The van der Waals surface area contributed by atoms with Gasteiger partial charge < -0.3 is 5.11 Å². The fraction of sp³-hybridized carbons (Fsp3) is 0.400. The van der Waals surface area contributed by atoms with Crippen LogP contribution in [0.2, 0.25) is 10.0 Å². The van der Waals surface area contributed by atoms with Crippen molar-refractivity contribution in [2.45, 2.75) is 26.4 Å². The molecule has 0 spiro atoms. The molecular formula is C10H12Cl2O. The fourth-order valence-electron chi connectivity index (χ4n) is 1.08. The van der Waals surface area contributed by atoms with Crippen molar-refractivity contribution in [3.05, 3.63) is 33.3 Å². The molecule has 0 saturated carbocycles. The summed E-state index contributed by atoms with van der Waals surface area (Å²) < 4.78 is 0. The molecule has 0 aliphatic carbocycles. The van der Waals surface area contributed by atoms with Gasteiger partial charge in [0, 0.05) is 0 Å². The summed E-state index contributed by atoms with van der Waals surface area (Å²) >= 11 is 11.8. The lowest BCUT2D eigenvalue weighted by atomic mass is 9.97. The number of benzene rings is 1. The summed E-state index contributed by atoms with van der Waals surface area (Å²) in [4.78, 5) is 0. The molecule has 0 amide bonds. The number of aliphatic hydroxyl groups is 1. The molecule has 0 aliphatic heterocycles. The maximum Gasteiger partial charge on any atom is 0.0841 e. The van der Waals surface area contributed by atoms with Gasteiger partial charge in [0.05, 0.1) is 15.6 Å². The average molecular weight is 219 g/mol. The van der Waals surface area contributed by atoms with Crippen molar-refractivity contribution in [2.75, 3.05) is 0 Å². The van der Waals surface area contributed by atoms with Gasteiger partial charge in [0.2, 0.25) is 0 Å². The van der Waals surface area contributed by atoms with E-state index >= 15 is 0 Å². The normalized spacial score (nSPS) is 11.8. The van der Waals surface area contributed by atoms with E-state index in [1.165, 1.54) is 0 Å². The first-order chi connectivity index (χ1) is 5.82. The first kappa shape index (κ1) is 10.8. The summed E-state index contributed by atoms with van der Waals surface area (Å²) in [5, 5.41) is 10.8. The summed E-state index contributed by atoms with van der Waals surface area (Å²) in [6.07, 6.45) is 0. The zero-order valence-electron chi connectivity index (χ0n) is 7.86. The Labute approximate surface area is 88.3 Å². The highest BCUT2D eigenvalue weighted by molar-refractivity contribution is 6.42. The second kappa shape index (κ2) is 3.49. The first-order valence-electron chi connectivity index (χ1n) is 4.01. The summed E-state index contributed by atoms with van der Waals surface area (Å²) in [7, 11) is 0. The standard InChI is InChI=1S/C10H12Cl2O/c1-6-4-7(10(2,3)13)5-8(11)9(6)12/h4-5,13H,1-3H3. The largest absolute Gasteiger partial charge is 0.386 e.